The van der Waals surface area contributed by atoms with E-state index in [0.29, 0.717) is 0 Å². The largest absolute Gasteiger partial charge is 0.462 e. The molecule has 39 heavy (non-hydrogen) atoms. The van der Waals surface area contributed by atoms with E-state index in [-0.39, 0.29) is 0 Å². The van der Waals surface area contributed by atoms with Crippen LogP contribution in [0, 0.1) is 12.3 Å². The number of aromatic nitrogens is 2. The third kappa shape index (κ3) is 9.06. The van der Waals surface area contributed by atoms with E-state index < -0.39 is 86.2 Å². The first-order valence-electron chi connectivity index (χ1n) is 12.1. The summed E-state index contributed by atoms with van der Waals surface area (Å²) in [7, 11) is -4.49. The number of rotatable bonds is 13. The van der Waals surface area contributed by atoms with Crippen molar-refractivity contribution in [3.8, 4) is 12.3 Å². The molecular formula is C23H36FN4O10P. The van der Waals surface area contributed by atoms with E-state index in [1.165, 1.54) is 13.8 Å². The van der Waals surface area contributed by atoms with Crippen LogP contribution in [0.3, 0.4) is 0 Å². The second kappa shape index (κ2) is 12.8. The Hall–Kier alpha value is -2.41. The van der Waals surface area contributed by atoms with Crippen molar-refractivity contribution >= 4 is 13.6 Å². The summed E-state index contributed by atoms with van der Waals surface area (Å²) in [6.45, 7) is 7.88. The SMILES string of the molecule is C#CC(NP(=O)(NC(C)C(=O)OC(C)C)OCC1(F)CC(C)(O)C(n2ccc(=O)[nH]c2=O)O1)C(O)OC(C)C. The fourth-order valence-corrected chi connectivity index (χ4v) is 5.49. The fraction of sp³-hybridized carbons (Fsp3) is 0.696. The molecule has 2 rings (SSSR count). The monoisotopic (exact) mass is 578 g/mol. The molecule has 1 saturated heterocycles. The summed E-state index contributed by atoms with van der Waals surface area (Å²) < 4.78 is 51.4. The van der Waals surface area contributed by atoms with Crippen molar-refractivity contribution < 1.29 is 42.7 Å². The molecule has 14 nitrogen and oxygen atoms in total. The number of hydrogen-bond donors (Lipinski definition) is 5. The summed E-state index contributed by atoms with van der Waals surface area (Å²) in [5.41, 5.74) is -3.64. The lowest BCUT2D eigenvalue weighted by atomic mass is 9.99. The molecule has 7 unspecified atom stereocenters. The minimum Gasteiger partial charge on any atom is -0.462 e. The lowest BCUT2D eigenvalue weighted by Crippen LogP contribution is -2.46. The standard InChI is InChI=1S/C23H36FN4O10P/c1-8-16(19(31)37-14(4)5)27-39(34,26-15(6)18(30)36-13(2)3)35-12-23(24)11-22(7,33)20(38-23)28-10-9-17(29)25-21(28)32/h1,9-10,13-16,19-20,31,33H,11-12H2,2-7H3,(H,25,29,32)(H2,26,27,34). The van der Waals surface area contributed by atoms with E-state index in [1.807, 2.05) is 4.98 Å². The van der Waals surface area contributed by atoms with Gasteiger partial charge in [-0.25, -0.2) is 19.4 Å². The number of ether oxygens (including phenoxy) is 3. The zero-order valence-electron chi connectivity index (χ0n) is 22.5. The Balaban J connectivity index is 2.31. The van der Waals surface area contributed by atoms with E-state index in [4.69, 9.17) is 25.2 Å². The summed E-state index contributed by atoms with van der Waals surface area (Å²) in [5.74, 6) is -1.45. The number of terminal acetylenes is 1. The molecule has 0 aliphatic carbocycles. The number of hydrogen-bond acceptors (Lipinski definition) is 10. The number of aromatic amines is 1. The highest BCUT2D eigenvalue weighted by Crippen LogP contribution is 2.48. The van der Waals surface area contributed by atoms with Gasteiger partial charge in [-0.15, -0.1) is 6.42 Å². The Kier molecular flexibility index (Phi) is 10.8. The first kappa shape index (κ1) is 32.8. The first-order valence-corrected chi connectivity index (χ1v) is 13.7. The lowest BCUT2D eigenvalue weighted by molar-refractivity contribution is -0.182. The van der Waals surface area contributed by atoms with Crippen molar-refractivity contribution in [1.82, 2.24) is 19.7 Å². The van der Waals surface area contributed by atoms with E-state index in [1.54, 1.807) is 27.7 Å². The van der Waals surface area contributed by atoms with Gasteiger partial charge in [0.05, 0.1) is 12.2 Å². The first-order chi connectivity index (χ1) is 17.9. The van der Waals surface area contributed by atoms with Crippen LogP contribution in [0.15, 0.2) is 21.9 Å². The Morgan fingerprint density at radius 3 is 2.51 bits per heavy atom. The molecule has 1 aromatic rings. The number of alkyl halides is 1. The van der Waals surface area contributed by atoms with E-state index >= 15 is 4.39 Å². The molecule has 0 aromatic carbocycles. The van der Waals surface area contributed by atoms with Crippen molar-refractivity contribution in [3.05, 3.63) is 33.1 Å². The maximum Gasteiger partial charge on any atom is 0.342 e. The minimum absolute atomic E-state index is 0.470. The molecule has 1 aromatic heterocycles. The molecule has 7 atom stereocenters. The van der Waals surface area contributed by atoms with Gasteiger partial charge in [-0.1, -0.05) is 5.92 Å². The van der Waals surface area contributed by atoms with E-state index in [2.05, 4.69) is 16.1 Å². The maximum absolute atomic E-state index is 15.8. The number of nitrogens with zero attached hydrogens (tertiary/aromatic N) is 1. The summed E-state index contributed by atoms with van der Waals surface area (Å²) in [6, 6.07) is -1.70. The molecule has 0 amide bonds. The van der Waals surface area contributed by atoms with Crippen LogP contribution in [-0.4, -0.2) is 74.4 Å². The molecule has 1 aliphatic rings. The topological polar surface area (TPSA) is 190 Å². The van der Waals surface area contributed by atoms with Gasteiger partial charge in [-0.2, -0.15) is 0 Å². The number of carbonyl (C=O) groups excluding carboxylic acids is 1. The Morgan fingerprint density at radius 2 is 1.97 bits per heavy atom. The average Bonchev–Trinajstić information content (AvgIpc) is 3.04. The number of halogens is 1. The second-order valence-corrected chi connectivity index (χ2v) is 11.8. The summed E-state index contributed by atoms with van der Waals surface area (Å²) in [6.07, 6.45) is 1.54. The average molecular weight is 579 g/mol. The van der Waals surface area contributed by atoms with Gasteiger partial charge in [0.1, 0.15) is 24.3 Å². The van der Waals surface area contributed by atoms with Gasteiger partial charge in [0.2, 0.25) is 5.85 Å². The number of nitrogens with one attached hydrogen (secondary N) is 3. The van der Waals surface area contributed by atoms with Crippen molar-refractivity contribution in [1.29, 1.82) is 0 Å². The Bertz CT molecular complexity index is 1210. The van der Waals surface area contributed by atoms with Crippen LogP contribution < -0.4 is 21.4 Å². The number of aliphatic hydroxyl groups excluding tert-OH is 1. The van der Waals surface area contributed by atoms with Crippen LogP contribution in [-0.2, 0) is 28.1 Å². The second-order valence-electron chi connectivity index (χ2n) is 9.91. The molecule has 0 radical (unpaired) electrons. The van der Waals surface area contributed by atoms with Crippen LogP contribution >= 0.6 is 7.67 Å². The van der Waals surface area contributed by atoms with Gasteiger partial charge in [-0.05, 0) is 41.5 Å². The zero-order valence-corrected chi connectivity index (χ0v) is 23.4. The fourth-order valence-electron chi connectivity index (χ4n) is 3.71. The smallest absolute Gasteiger partial charge is 0.342 e. The molecule has 16 heteroatoms. The highest BCUT2D eigenvalue weighted by molar-refractivity contribution is 7.54. The van der Waals surface area contributed by atoms with Gasteiger partial charge >= 0.3 is 19.3 Å². The predicted molar refractivity (Wildman–Crippen MR) is 136 cm³/mol. The Morgan fingerprint density at radius 1 is 1.33 bits per heavy atom. The van der Waals surface area contributed by atoms with Gasteiger partial charge in [0.15, 0.2) is 12.5 Å². The molecule has 2 heterocycles. The van der Waals surface area contributed by atoms with Crippen molar-refractivity contribution in [2.45, 2.75) is 96.2 Å². The van der Waals surface area contributed by atoms with Gasteiger partial charge < -0.3 is 28.9 Å². The van der Waals surface area contributed by atoms with Crippen LogP contribution in [0.1, 0.15) is 54.2 Å². The van der Waals surface area contributed by atoms with Gasteiger partial charge in [-0.3, -0.25) is 23.7 Å². The maximum atomic E-state index is 15.8. The number of H-pyrrole nitrogens is 1. The molecule has 1 fully saturated rings. The number of esters is 1. The molecule has 1 aliphatic heterocycles. The van der Waals surface area contributed by atoms with Crippen LogP contribution in [0.25, 0.3) is 0 Å². The Labute approximate surface area is 224 Å². The third-order valence-corrected chi connectivity index (χ3v) is 7.13. The van der Waals surface area contributed by atoms with Crippen molar-refractivity contribution in [2.24, 2.45) is 0 Å². The van der Waals surface area contributed by atoms with Crippen LogP contribution in [0.2, 0.25) is 0 Å². The molecule has 220 valence electrons. The quantitative estimate of drug-likeness (QED) is 0.0930. The third-order valence-electron chi connectivity index (χ3n) is 5.30. The molecule has 0 bridgehead atoms. The highest BCUT2D eigenvalue weighted by atomic mass is 31.2. The zero-order chi connectivity index (χ0) is 29.8. The molecule has 5 N–H and O–H groups in total. The summed E-state index contributed by atoms with van der Waals surface area (Å²) >= 11 is 0. The minimum atomic E-state index is -4.49. The summed E-state index contributed by atoms with van der Waals surface area (Å²) in [5, 5.41) is 25.9. The number of carbonyl (C=O) groups is 1. The highest BCUT2D eigenvalue weighted by Gasteiger charge is 2.56. The van der Waals surface area contributed by atoms with Crippen molar-refractivity contribution in [3.63, 3.8) is 0 Å². The molecule has 0 saturated carbocycles. The lowest BCUT2D eigenvalue weighted by Gasteiger charge is -2.30. The normalized spacial score (nSPS) is 27.1. The van der Waals surface area contributed by atoms with Gasteiger partial charge in [0.25, 0.3) is 5.56 Å². The van der Waals surface area contributed by atoms with Gasteiger partial charge in [0, 0.05) is 18.7 Å². The predicted octanol–water partition coefficient (Wildman–Crippen LogP) is 0.262. The van der Waals surface area contributed by atoms with Crippen LogP contribution in [0.4, 0.5) is 4.39 Å². The van der Waals surface area contributed by atoms with E-state index in [9.17, 15) is 29.2 Å². The van der Waals surface area contributed by atoms with Crippen LogP contribution in [0.5, 0.6) is 0 Å². The molecular weight excluding hydrogens is 542 g/mol. The van der Waals surface area contributed by atoms with E-state index in [0.717, 1.165) is 16.8 Å². The summed E-state index contributed by atoms with van der Waals surface area (Å²) in [4.78, 5) is 37.9. The molecule has 0 spiro atoms. The van der Waals surface area contributed by atoms with Crippen molar-refractivity contribution in [2.75, 3.05) is 6.61 Å². The number of aliphatic hydroxyl groups is 2.